The van der Waals surface area contributed by atoms with Crippen molar-refractivity contribution in [3.05, 3.63) is 46.7 Å². The second-order valence-electron chi connectivity index (χ2n) is 5.20. The maximum absolute atomic E-state index is 12.3. The first-order valence-electron chi connectivity index (χ1n) is 7.08. The van der Waals surface area contributed by atoms with Crippen LogP contribution in [0.3, 0.4) is 0 Å². The molecular weight excluding hydrogens is 284 g/mol. The average molecular weight is 302 g/mol. The van der Waals surface area contributed by atoms with E-state index < -0.39 is 0 Å². The lowest BCUT2D eigenvalue weighted by molar-refractivity contribution is 0.0628. The summed E-state index contributed by atoms with van der Waals surface area (Å²) in [6.07, 6.45) is 0. The molecule has 110 valence electrons. The third kappa shape index (κ3) is 3.46. The maximum atomic E-state index is 12.3. The highest BCUT2D eigenvalue weighted by Gasteiger charge is 2.24. The van der Waals surface area contributed by atoms with Crippen LogP contribution in [0.2, 0.25) is 0 Å². The van der Waals surface area contributed by atoms with Gasteiger partial charge in [-0.1, -0.05) is 30.3 Å². The van der Waals surface area contributed by atoms with Crippen LogP contribution >= 0.6 is 11.5 Å². The topological polar surface area (TPSA) is 49.3 Å². The normalized spacial score (nSPS) is 16.1. The minimum Gasteiger partial charge on any atom is -0.334 e. The van der Waals surface area contributed by atoms with Gasteiger partial charge in [-0.15, -0.1) is 0 Å². The van der Waals surface area contributed by atoms with Crippen LogP contribution in [0.1, 0.15) is 21.2 Å². The maximum Gasteiger partial charge on any atom is 0.284 e. The minimum atomic E-state index is 0.0139. The van der Waals surface area contributed by atoms with Gasteiger partial charge in [-0.25, -0.2) is 4.98 Å². The highest BCUT2D eigenvalue weighted by Crippen LogP contribution is 2.12. The number of aromatic nitrogens is 2. The zero-order valence-corrected chi connectivity index (χ0v) is 12.8. The quantitative estimate of drug-likeness (QED) is 0.867. The molecule has 0 bridgehead atoms. The van der Waals surface area contributed by atoms with Crippen molar-refractivity contribution in [2.75, 3.05) is 26.2 Å². The smallest absolute Gasteiger partial charge is 0.284 e. The molecular formula is C15H18N4OS. The molecule has 1 aliphatic heterocycles. The Kier molecular flexibility index (Phi) is 4.26. The number of amides is 1. The average Bonchev–Trinajstić information content (AvgIpc) is 2.95. The Morgan fingerprint density at radius 1 is 1.19 bits per heavy atom. The highest BCUT2D eigenvalue weighted by atomic mass is 32.1. The third-order valence-corrected chi connectivity index (χ3v) is 4.41. The lowest BCUT2D eigenvalue weighted by Gasteiger charge is -2.34. The molecule has 1 aromatic heterocycles. The van der Waals surface area contributed by atoms with Crippen molar-refractivity contribution in [3.8, 4) is 0 Å². The van der Waals surface area contributed by atoms with Crippen molar-refractivity contribution < 1.29 is 4.79 Å². The van der Waals surface area contributed by atoms with E-state index in [4.69, 9.17) is 0 Å². The van der Waals surface area contributed by atoms with Crippen molar-refractivity contribution >= 4 is 17.4 Å². The first-order chi connectivity index (χ1) is 10.2. The van der Waals surface area contributed by atoms with E-state index in [1.807, 2.05) is 17.9 Å². The molecule has 1 saturated heterocycles. The molecule has 1 amide bonds. The van der Waals surface area contributed by atoms with Gasteiger partial charge < -0.3 is 4.90 Å². The van der Waals surface area contributed by atoms with Crippen LogP contribution in [0.5, 0.6) is 0 Å². The zero-order valence-electron chi connectivity index (χ0n) is 12.0. The van der Waals surface area contributed by atoms with Crippen molar-refractivity contribution in [2.24, 2.45) is 0 Å². The van der Waals surface area contributed by atoms with Gasteiger partial charge in [0, 0.05) is 32.7 Å². The molecule has 0 N–H and O–H groups in total. The fourth-order valence-corrected chi connectivity index (χ4v) is 3.11. The van der Waals surface area contributed by atoms with Crippen molar-refractivity contribution in [1.29, 1.82) is 0 Å². The summed E-state index contributed by atoms with van der Waals surface area (Å²) in [5, 5.41) is 0.504. The first-order valence-corrected chi connectivity index (χ1v) is 7.85. The largest absolute Gasteiger partial charge is 0.334 e. The summed E-state index contributed by atoms with van der Waals surface area (Å²) in [5.41, 5.74) is 1.32. The molecule has 2 heterocycles. The molecule has 0 aliphatic carbocycles. The molecule has 1 aliphatic rings. The molecule has 0 spiro atoms. The third-order valence-electron chi connectivity index (χ3n) is 3.62. The van der Waals surface area contributed by atoms with Gasteiger partial charge in [0.2, 0.25) is 5.01 Å². The van der Waals surface area contributed by atoms with E-state index in [-0.39, 0.29) is 5.91 Å². The lowest BCUT2D eigenvalue weighted by Crippen LogP contribution is -2.48. The lowest BCUT2D eigenvalue weighted by atomic mass is 10.2. The Balaban J connectivity index is 1.54. The summed E-state index contributed by atoms with van der Waals surface area (Å²) in [4.78, 5) is 20.7. The van der Waals surface area contributed by atoms with E-state index in [0.717, 1.165) is 32.7 Å². The molecule has 1 aromatic carbocycles. The van der Waals surface area contributed by atoms with Gasteiger partial charge in [0.25, 0.3) is 5.91 Å². The van der Waals surface area contributed by atoms with Gasteiger partial charge in [0.15, 0.2) is 0 Å². The number of aryl methyl sites for hydroxylation is 1. The van der Waals surface area contributed by atoms with Crippen LogP contribution in [-0.2, 0) is 6.54 Å². The summed E-state index contributed by atoms with van der Waals surface area (Å²) in [6, 6.07) is 10.4. The van der Waals surface area contributed by atoms with Crippen molar-refractivity contribution in [1.82, 2.24) is 19.2 Å². The molecule has 1 fully saturated rings. The summed E-state index contributed by atoms with van der Waals surface area (Å²) in [7, 11) is 0. The van der Waals surface area contributed by atoms with Gasteiger partial charge in [0.05, 0.1) is 0 Å². The number of carbonyl (C=O) groups excluding carboxylic acids is 1. The Morgan fingerprint density at radius 2 is 1.90 bits per heavy atom. The number of rotatable bonds is 3. The van der Waals surface area contributed by atoms with Gasteiger partial charge in [-0.3, -0.25) is 9.69 Å². The van der Waals surface area contributed by atoms with E-state index in [0.29, 0.717) is 10.8 Å². The molecule has 3 rings (SSSR count). The predicted octanol–water partition coefficient (Wildman–Crippen LogP) is 1.80. The van der Waals surface area contributed by atoms with Gasteiger partial charge in [0.1, 0.15) is 5.82 Å². The Bertz CT molecular complexity index is 605. The van der Waals surface area contributed by atoms with E-state index in [2.05, 4.69) is 38.5 Å². The summed E-state index contributed by atoms with van der Waals surface area (Å²) >= 11 is 1.19. The summed E-state index contributed by atoms with van der Waals surface area (Å²) < 4.78 is 4.08. The predicted molar refractivity (Wildman–Crippen MR) is 82.3 cm³/mol. The van der Waals surface area contributed by atoms with Gasteiger partial charge in [-0.2, -0.15) is 4.37 Å². The second kappa shape index (κ2) is 6.32. The molecule has 5 nitrogen and oxygen atoms in total. The Hall–Kier alpha value is -1.79. The molecule has 2 aromatic rings. The van der Waals surface area contributed by atoms with Crippen LogP contribution in [-0.4, -0.2) is 51.2 Å². The van der Waals surface area contributed by atoms with E-state index >= 15 is 0 Å². The van der Waals surface area contributed by atoms with E-state index in [9.17, 15) is 4.79 Å². The summed E-state index contributed by atoms with van der Waals surface area (Å²) in [5.74, 6) is 0.686. The van der Waals surface area contributed by atoms with Crippen LogP contribution < -0.4 is 0 Å². The van der Waals surface area contributed by atoms with E-state index in [1.165, 1.54) is 17.1 Å². The molecule has 0 saturated carbocycles. The molecule has 0 unspecified atom stereocenters. The number of carbonyl (C=O) groups is 1. The van der Waals surface area contributed by atoms with Crippen molar-refractivity contribution in [3.63, 3.8) is 0 Å². The van der Waals surface area contributed by atoms with Crippen molar-refractivity contribution in [2.45, 2.75) is 13.5 Å². The number of benzene rings is 1. The van der Waals surface area contributed by atoms with Crippen LogP contribution in [0, 0.1) is 6.92 Å². The van der Waals surface area contributed by atoms with Gasteiger partial charge >= 0.3 is 0 Å². The fraction of sp³-hybridized carbons (Fsp3) is 0.400. The van der Waals surface area contributed by atoms with Crippen LogP contribution in [0.15, 0.2) is 30.3 Å². The Labute approximate surface area is 128 Å². The monoisotopic (exact) mass is 302 g/mol. The standard InChI is InChI=1S/C15H18N4OS/c1-12-16-14(21-17-12)15(20)19-9-7-18(8-10-19)11-13-5-3-2-4-6-13/h2-6H,7-11H2,1H3. The highest BCUT2D eigenvalue weighted by molar-refractivity contribution is 7.07. The van der Waals surface area contributed by atoms with E-state index in [1.54, 1.807) is 0 Å². The number of hydrogen-bond donors (Lipinski definition) is 0. The first kappa shape index (κ1) is 14.2. The van der Waals surface area contributed by atoms with Gasteiger partial charge in [-0.05, 0) is 24.0 Å². The molecule has 0 atom stereocenters. The number of piperazine rings is 1. The zero-order chi connectivity index (χ0) is 14.7. The second-order valence-corrected chi connectivity index (χ2v) is 5.95. The van der Waals surface area contributed by atoms with Crippen LogP contribution in [0.4, 0.5) is 0 Å². The minimum absolute atomic E-state index is 0.0139. The molecule has 21 heavy (non-hydrogen) atoms. The number of nitrogens with zero attached hydrogens (tertiary/aromatic N) is 4. The number of hydrogen-bond acceptors (Lipinski definition) is 5. The summed E-state index contributed by atoms with van der Waals surface area (Å²) in [6.45, 7) is 6.07. The molecule has 0 radical (unpaired) electrons. The SMILES string of the molecule is Cc1nsc(C(=O)N2CCN(Cc3ccccc3)CC2)n1. The van der Waals surface area contributed by atoms with Crippen LogP contribution in [0.25, 0.3) is 0 Å². The fourth-order valence-electron chi connectivity index (χ4n) is 2.47. The Morgan fingerprint density at radius 3 is 2.52 bits per heavy atom. The molecule has 6 heteroatoms.